The molecular formula is C20H22ClF3N2O. The summed E-state index contributed by atoms with van der Waals surface area (Å²) in [6.45, 7) is 2.41. The van der Waals surface area contributed by atoms with Crippen LogP contribution < -0.4 is 5.32 Å². The Balaban J connectivity index is 0.00000261. The Bertz CT molecular complexity index is 767. The topological polar surface area (TPSA) is 32.3 Å². The zero-order chi connectivity index (χ0) is 18.7. The first-order valence-corrected chi connectivity index (χ1v) is 8.68. The molecule has 0 atom stereocenters. The number of amides is 1. The van der Waals surface area contributed by atoms with Gasteiger partial charge in [-0.1, -0.05) is 12.1 Å². The highest BCUT2D eigenvalue weighted by Gasteiger charge is 2.23. The molecule has 1 heterocycles. The maximum atomic E-state index is 13.4. The molecule has 7 heteroatoms. The van der Waals surface area contributed by atoms with E-state index in [0.29, 0.717) is 17.0 Å². The van der Waals surface area contributed by atoms with Crippen LogP contribution in [0.1, 0.15) is 23.2 Å². The summed E-state index contributed by atoms with van der Waals surface area (Å²) in [4.78, 5) is 14.4. The van der Waals surface area contributed by atoms with Gasteiger partial charge < -0.3 is 10.2 Å². The van der Waals surface area contributed by atoms with Gasteiger partial charge in [0.05, 0.1) is 0 Å². The first-order valence-electron chi connectivity index (χ1n) is 8.68. The van der Waals surface area contributed by atoms with Crippen molar-refractivity contribution in [3.05, 3.63) is 59.4 Å². The molecule has 0 aliphatic carbocycles. The smallest absolute Gasteiger partial charge is 0.253 e. The molecule has 3 rings (SSSR count). The van der Waals surface area contributed by atoms with Crippen molar-refractivity contribution in [1.82, 2.24) is 10.2 Å². The van der Waals surface area contributed by atoms with E-state index in [4.69, 9.17) is 0 Å². The van der Waals surface area contributed by atoms with E-state index < -0.39 is 17.5 Å². The Hall–Kier alpha value is -2.05. The van der Waals surface area contributed by atoms with Gasteiger partial charge in [0.2, 0.25) is 0 Å². The van der Waals surface area contributed by atoms with E-state index in [2.05, 4.69) is 5.32 Å². The van der Waals surface area contributed by atoms with Gasteiger partial charge in [-0.25, -0.2) is 13.2 Å². The molecule has 1 aliphatic rings. The van der Waals surface area contributed by atoms with Crippen LogP contribution in [0.15, 0.2) is 36.4 Å². The van der Waals surface area contributed by atoms with Crippen molar-refractivity contribution in [2.24, 2.45) is 5.92 Å². The van der Waals surface area contributed by atoms with Gasteiger partial charge >= 0.3 is 0 Å². The maximum Gasteiger partial charge on any atom is 0.253 e. The van der Waals surface area contributed by atoms with E-state index in [1.807, 2.05) is 11.9 Å². The maximum absolute atomic E-state index is 13.4. The number of rotatable bonds is 4. The van der Waals surface area contributed by atoms with Crippen LogP contribution in [0.4, 0.5) is 13.2 Å². The number of likely N-dealkylation sites (tertiary alicyclic amines) is 1. The summed E-state index contributed by atoms with van der Waals surface area (Å²) in [6.07, 6.45) is 1.94. The second kappa shape index (κ2) is 9.24. The number of hydrogen-bond donors (Lipinski definition) is 1. The molecular weight excluding hydrogens is 377 g/mol. The molecule has 27 heavy (non-hydrogen) atoms. The highest BCUT2D eigenvalue weighted by atomic mass is 35.5. The van der Waals surface area contributed by atoms with Crippen molar-refractivity contribution in [3.63, 3.8) is 0 Å². The van der Waals surface area contributed by atoms with Crippen molar-refractivity contribution in [2.45, 2.75) is 12.8 Å². The minimum Gasteiger partial charge on any atom is -0.339 e. The average Bonchev–Trinajstić information content (AvgIpc) is 2.66. The van der Waals surface area contributed by atoms with Crippen LogP contribution in [0.5, 0.6) is 0 Å². The van der Waals surface area contributed by atoms with Gasteiger partial charge in [-0.15, -0.1) is 12.4 Å². The first-order chi connectivity index (χ1) is 12.5. The number of piperidine rings is 1. The zero-order valence-electron chi connectivity index (χ0n) is 15.0. The van der Waals surface area contributed by atoms with E-state index in [9.17, 15) is 18.0 Å². The second-order valence-electron chi connectivity index (χ2n) is 6.62. The number of halogens is 4. The molecule has 0 bridgehead atoms. The molecule has 0 radical (unpaired) electrons. The zero-order valence-corrected chi connectivity index (χ0v) is 15.8. The summed E-state index contributed by atoms with van der Waals surface area (Å²) in [7, 11) is 1.93. The third-order valence-corrected chi connectivity index (χ3v) is 4.84. The Morgan fingerprint density at radius 1 is 1.04 bits per heavy atom. The summed E-state index contributed by atoms with van der Waals surface area (Å²) in [5.74, 6) is -3.40. The lowest BCUT2D eigenvalue weighted by atomic mass is 9.96. The van der Waals surface area contributed by atoms with Crippen LogP contribution >= 0.6 is 12.4 Å². The van der Waals surface area contributed by atoms with E-state index >= 15 is 0 Å². The predicted molar refractivity (Wildman–Crippen MR) is 102 cm³/mol. The molecule has 2 aromatic rings. The van der Waals surface area contributed by atoms with Crippen molar-refractivity contribution >= 4 is 18.3 Å². The Kier molecular flexibility index (Phi) is 7.27. The van der Waals surface area contributed by atoms with Gasteiger partial charge in [-0.05, 0) is 67.7 Å². The van der Waals surface area contributed by atoms with Crippen LogP contribution in [-0.2, 0) is 0 Å². The monoisotopic (exact) mass is 398 g/mol. The largest absolute Gasteiger partial charge is 0.339 e. The number of nitrogens with zero attached hydrogens (tertiary/aromatic N) is 1. The summed E-state index contributed by atoms with van der Waals surface area (Å²) in [6, 6.07) is 8.40. The van der Waals surface area contributed by atoms with E-state index in [1.165, 1.54) is 0 Å². The number of nitrogens with one attached hydrogen (secondary N) is 1. The van der Waals surface area contributed by atoms with Gasteiger partial charge in [0.15, 0.2) is 17.5 Å². The second-order valence-corrected chi connectivity index (χ2v) is 6.62. The number of benzene rings is 2. The summed E-state index contributed by atoms with van der Waals surface area (Å²) >= 11 is 0. The SMILES string of the molecule is CNCC1CCN(C(=O)c2ccc(-c3cc(F)c(F)c(F)c3)cc2)CC1.Cl. The Labute approximate surface area is 163 Å². The Morgan fingerprint density at radius 3 is 2.11 bits per heavy atom. The highest BCUT2D eigenvalue weighted by molar-refractivity contribution is 5.94. The van der Waals surface area contributed by atoms with Gasteiger partial charge in [0.1, 0.15) is 0 Å². The average molecular weight is 399 g/mol. The lowest BCUT2D eigenvalue weighted by molar-refractivity contribution is 0.0691. The standard InChI is InChI=1S/C20H21F3N2O.ClH/c1-24-12-13-6-8-25(9-7-13)20(26)15-4-2-14(3-5-15)16-10-17(21)19(23)18(22)11-16;/h2-5,10-11,13,24H,6-9,12H2,1H3;1H. The van der Waals surface area contributed by atoms with Gasteiger partial charge in [-0.3, -0.25) is 4.79 Å². The molecule has 1 amide bonds. The van der Waals surface area contributed by atoms with Gasteiger partial charge in [-0.2, -0.15) is 0 Å². The van der Waals surface area contributed by atoms with Crippen LogP contribution in [0.3, 0.4) is 0 Å². The molecule has 1 N–H and O–H groups in total. The molecule has 2 aromatic carbocycles. The lowest BCUT2D eigenvalue weighted by Crippen LogP contribution is -2.40. The highest BCUT2D eigenvalue weighted by Crippen LogP contribution is 2.25. The predicted octanol–water partition coefficient (Wildman–Crippen LogP) is 4.26. The van der Waals surface area contributed by atoms with E-state index in [-0.39, 0.29) is 23.9 Å². The van der Waals surface area contributed by atoms with E-state index in [1.54, 1.807) is 24.3 Å². The van der Waals surface area contributed by atoms with Crippen molar-refractivity contribution in [2.75, 3.05) is 26.7 Å². The molecule has 1 saturated heterocycles. The fraction of sp³-hybridized carbons (Fsp3) is 0.350. The fourth-order valence-electron chi connectivity index (χ4n) is 3.34. The summed E-state index contributed by atoms with van der Waals surface area (Å²) < 4.78 is 39.8. The Morgan fingerprint density at radius 2 is 1.59 bits per heavy atom. The molecule has 0 spiro atoms. The van der Waals surface area contributed by atoms with Crippen molar-refractivity contribution < 1.29 is 18.0 Å². The van der Waals surface area contributed by atoms with Gasteiger partial charge in [0, 0.05) is 18.7 Å². The van der Waals surface area contributed by atoms with E-state index in [0.717, 1.165) is 44.6 Å². The molecule has 146 valence electrons. The normalized spacial score (nSPS) is 14.7. The van der Waals surface area contributed by atoms with Crippen LogP contribution in [0, 0.1) is 23.4 Å². The minimum atomic E-state index is -1.48. The molecule has 1 fully saturated rings. The number of hydrogen-bond acceptors (Lipinski definition) is 2. The number of carbonyl (C=O) groups excluding carboxylic acids is 1. The lowest BCUT2D eigenvalue weighted by Gasteiger charge is -2.32. The quantitative estimate of drug-likeness (QED) is 0.780. The molecule has 0 unspecified atom stereocenters. The summed E-state index contributed by atoms with van der Waals surface area (Å²) in [5.41, 5.74) is 1.28. The van der Waals surface area contributed by atoms with Gasteiger partial charge in [0.25, 0.3) is 5.91 Å². The number of carbonyl (C=O) groups is 1. The summed E-state index contributed by atoms with van der Waals surface area (Å²) in [5, 5.41) is 3.17. The molecule has 0 saturated carbocycles. The molecule has 0 aromatic heterocycles. The molecule has 3 nitrogen and oxygen atoms in total. The third-order valence-electron chi connectivity index (χ3n) is 4.84. The van der Waals surface area contributed by atoms with Crippen LogP contribution in [0.25, 0.3) is 11.1 Å². The van der Waals surface area contributed by atoms with Crippen molar-refractivity contribution in [3.8, 4) is 11.1 Å². The van der Waals surface area contributed by atoms with Crippen LogP contribution in [0.2, 0.25) is 0 Å². The van der Waals surface area contributed by atoms with Crippen LogP contribution in [-0.4, -0.2) is 37.5 Å². The fourth-order valence-corrected chi connectivity index (χ4v) is 3.34. The third kappa shape index (κ3) is 4.82. The van der Waals surface area contributed by atoms with Crippen molar-refractivity contribution in [1.29, 1.82) is 0 Å². The first kappa shape index (κ1) is 21.3. The molecule has 1 aliphatic heterocycles. The minimum absolute atomic E-state index is 0.